The highest BCUT2D eigenvalue weighted by atomic mass is 16.5. The molecular weight excluding hydrogens is 326 g/mol. The number of ether oxygens (including phenoxy) is 1. The smallest absolute Gasteiger partial charge is 0.225 e. The first-order valence-corrected chi connectivity index (χ1v) is 8.84. The number of nitrogens with zero attached hydrogens (tertiary/aromatic N) is 2. The zero-order valence-corrected chi connectivity index (χ0v) is 15.7. The normalized spacial score (nSPS) is 12.3. The van der Waals surface area contributed by atoms with Crippen molar-refractivity contribution in [3.8, 4) is 5.75 Å². The number of rotatable bonds is 6. The van der Waals surface area contributed by atoms with Crippen LogP contribution in [0.3, 0.4) is 0 Å². The Kier molecular flexibility index (Phi) is 5.26. The number of aromatic nitrogens is 2. The van der Waals surface area contributed by atoms with Gasteiger partial charge < -0.3 is 14.6 Å². The van der Waals surface area contributed by atoms with Crippen LogP contribution in [-0.4, -0.2) is 22.6 Å². The van der Waals surface area contributed by atoms with E-state index < -0.39 is 0 Å². The van der Waals surface area contributed by atoms with E-state index in [1.54, 1.807) is 7.11 Å². The number of fused-ring (bicyclic) bond motifs is 1. The molecule has 1 atom stereocenters. The third-order valence-corrected chi connectivity index (χ3v) is 4.63. The molecule has 0 radical (unpaired) electrons. The number of hydrogen-bond donors (Lipinski definition) is 1. The van der Waals surface area contributed by atoms with Crippen LogP contribution in [0.5, 0.6) is 5.75 Å². The number of hydrogen-bond acceptors (Lipinski definition) is 3. The summed E-state index contributed by atoms with van der Waals surface area (Å²) in [4.78, 5) is 17.4. The van der Waals surface area contributed by atoms with E-state index >= 15 is 0 Å². The minimum atomic E-state index is -0.158. The summed E-state index contributed by atoms with van der Waals surface area (Å²) in [5.41, 5.74) is 2.88. The lowest BCUT2D eigenvalue weighted by Gasteiger charge is -2.22. The molecule has 0 bridgehead atoms. The molecule has 2 aromatic carbocycles. The van der Waals surface area contributed by atoms with Crippen LogP contribution in [0.1, 0.15) is 31.3 Å². The van der Waals surface area contributed by atoms with Crippen molar-refractivity contribution in [2.45, 2.75) is 26.3 Å². The molecule has 136 valence electrons. The van der Waals surface area contributed by atoms with Crippen molar-refractivity contribution in [2.75, 3.05) is 7.11 Å². The first-order chi connectivity index (χ1) is 12.5. The summed E-state index contributed by atoms with van der Waals surface area (Å²) in [6.45, 7) is 4.18. The van der Waals surface area contributed by atoms with Gasteiger partial charge >= 0.3 is 0 Å². The first kappa shape index (κ1) is 18.0. The third kappa shape index (κ3) is 3.57. The Morgan fingerprint density at radius 2 is 1.85 bits per heavy atom. The number of amides is 1. The van der Waals surface area contributed by atoms with Gasteiger partial charge in [0.05, 0.1) is 30.6 Å². The molecule has 0 saturated heterocycles. The van der Waals surface area contributed by atoms with E-state index in [4.69, 9.17) is 9.72 Å². The van der Waals surface area contributed by atoms with Gasteiger partial charge in [0.15, 0.2) is 0 Å². The zero-order valence-electron chi connectivity index (χ0n) is 15.7. The van der Waals surface area contributed by atoms with Crippen molar-refractivity contribution in [3.05, 3.63) is 59.9 Å². The van der Waals surface area contributed by atoms with Crippen molar-refractivity contribution in [3.63, 3.8) is 0 Å². The largest absolute Gasteiger partial charge is 0.496 e. The fraction of sp³-hybridized carbons (Fsp3) is 0.333. The fourth-order valence-corrected chi connectivity index (χ4v) is 3.22. The maximum atomic E-state index is 12.7. The van der Waals surface area contributed by atoms with Gasteiger partial charge in [-0.1, -0.05) is 44.2 Å². The van der Waals surface area contributed by atoms with Crippen molar-refractivity contribution >= 4 is 16.9 Å². The average molecular weight is 351 g/mol. The molecule has 5 nitrogen and oxygen atoms in total. The Bertz CT molecular complexity index is 915. The standard InChI is InChI=1S/C21H25N3O2/c1-14(2)20(21-22-16-10-6-7-11-17(16)24(21)3)23-19(25)13-15-9-5-8-12-18(15)26-4/h5-12,14,20H,13H2,1-4H3,(H,23,25)/t20-/m1/s1. The topological polar surface area (TPSA) is 56.1 Å². The second kappa shape index (κ2) is 7.60. The van der Waals surface area contributed by atoms with E-state index in [0.717, 1.165) is 28.2 Å². The SMILES string of the molecule is COc1ccccc1CC(=O)N[C@@H](c1nc2ccccc2n1C)C(C)C. The molecule has 1 N–H and O–H groups in total. The first-order valence-electron chi connectivity index (χ1n) is 8.84. The number of carbonyl (C=O) groups excluding carboxylic acids is 1. The molecule has 1 aromatic heterocycles. The van der Waals surface area contributed by atoms with Gasteiger partial charge in [0, 0.05) is 12.6 Å². The van der Waals surface area contributed by atoms with E-state index in [0.29, 0.717) is 0 Å². The van der Waals surface area contributed by atoms with E-state index in [2.05, 4.69) is 23.7 Å². The molecule has 0 aliphatic carbocycles. The second-order valence-corrected chi connectivity index (χ2v) is 6.80. The monoisotopic (exact) mass is 351 g/mol. The van der Waals surface area contributed by atoms with E-state index in [1.165, 1.54) is 0 Å². The van der Waals surface area contributed by atoms with Crippen LogP contribution in [0.25, 0.3) is 11.0 Å². The second-order valence-electron chi connectivity index (χ2n) is 6.80. The van der Waals surface area contributed by atoms with E-state index in [1.807, 2.05) is 55.6 Å². The van der Waals surface area contributed by atoms with Gasteiger partial charge in [-0.05, 0) is 24.1 Å². The Hall–Kier alpha value is -2.82. The average Bonchev–Trinajstić information content (AvgIpc) is 2.97. The number of aryl methyl sites for hydroxylation is 1. The van der Waals surface area contributed by atoms with E-state index in [9.17, 15) is 4.79 Å². The Balaban J connectivity index is 1.84. The Morgan fingerprint density at radius 3 is 2.54 bits per heavy atom. The summed E-state index contributed by atoms with van der Waals surface area (Å²) in [7, 11) is 3.61. The number of carbonyl (C=O) groups is 1. The third-order valence-electron chi connectivity index (χ3n) is 4.63. The van der Waals surface area contributed by atoms with Crippen molar-refractivity contribution < 1.29 is 9.53 Å². The van der Waals surface area contributed by atoms with Crippen molar-refractivity contribution in [1.29, 1.82) is 0 Å². The van der Waals surface area contributed by atoms with Crippen molar-refractivity contribution in [1.82, 2.24) is 14.9 Å². The van der Waals surface area contributed by atoms with Gasteiger partial charge in [-0.25, -0.2) is 4.98 Å². The number of benzene rings is 2. The maximum absolute atomic E-state index is 12.7. The molecule has 0 fully saturated rings. The van der Waals surface area contributed by atoms with Crippen LogP contribution < -0.4 is 10.1 Å². The lowest BCUT2D eigenvalue weighted by atomic mass is 10.0. The van der Waals surface area contributed by atoms with Crippen LogP contribution in [-0.2, 0) is 18.3 Å². The number of para-hydroxylation sites is 3. The van der Waals surface area contributed by atoms with Gasteiger partial charge in [0.2, 0.25) is 5.91 Å². The molecule has 3 rings (SSSR count). The molecule has 0 saturated carbocycles. The zero-order chi connectivity index (χ0) is 18.7. The minimum absolute atomic E-state index is 0.0414. The predicted octanol–water partition coefficient (Wildman–Crippen LogP) is 3.64. The summed E-state index contributed by atoms with van der Waals surface area (Å²) >= 11 is 0. The molecule has 26 heavy (non-hydrogen) atoms. The molecule has 3 aromatic rings. The highest BCUT2D eigenvalue weighted by Gasteiger charge is 2.24. The van der Waals surface area contributed by atoms with E-state index in [-0.39, 0.29) is 24.3 Å². The molecule has 0 aliphatic rings. The highest BCUT2D eigenvalue weighted by Crippen LogP contribution is 2.25. The molecule has 0 unspecified atom stereocenters. The predicted molar refractivity (Wildman–Crippen MR) is 103 cm³/mol. The van der Waals surface area contributed by atoms with Gasteiger partial charge in [-0.3, -0.25) is 4.79 Å². The molecule has 0 aliphatic heterocycles. The van der Waals surface area contributed by atoms with Crippen LogP contribution in [0, 0.1) is 5.92 Å². The highest BCUT2D eigenvalue weighted by molar-refractivity contribution is 5.80. The lowest BCUT2D eigenvalue weighted by molar-refractivity contribution is -0.121. The van der Waals surface area contributed by atoms with Crippen LogP contribution in [0.2, 0.25) is 0 Å². The van der Waals surface area contributed by atoms with Crippen LogP contribution in [0.4, 0.5) is 0 Å². The van der Waals surface area contributed by atoms with Gasteiger partial charge in [-0.2, -0.15) is 0 Å². The molecule has 1 heterocycles. The maximum Gasteiger partial charge on any atom is 0.225 e. The Morgan fingerprint density at radius 1 is 1.15 bits per heavy atom. The van der Waals surface area contributed by atoms with Gasteiger partial charge in [0.25, 0.3) is 0 Å². The van der Waals surface area contributed by atoms with Crippen molar-refractivity contribution in [2.24, 2.45) is 13.0 Å². The summed E-state index contributed by atoms with van der Waals surface area (Å²) in [5.74, 6) is 1.77. The fourth-order valence-electron chi connectivity index (χ4n) is 3.22. The summed E-state index contributed by atoms with van der Waals surface area (Å²) in [6, 6.07) is 15.4. The quantitative estimate of drug-likeness (QED) is 0.738. The molecule has 5 heteroatoms. The minimum Gasteiger partial charge on any atom is -0.496 e. The number of nitrogens with one attached hydrogen (secondary N) is 1. The lowest BCUT2D eigenvalue weighted by Crippen LogP contribution is -2.34. The molecular formula is C21H25N3O2. The summed E-state index contributed by atoms with van der Waals surface area (Å²) in [5, 5.41) is 3.16. The van der Waals surface area contributed by atoms with Crippen LogP contribution in [0.15, 0.2) is 48.5 Å². The summed E-state index contributed by atoms with van der Waals surface area (Å²) < 4.78 is 7.40. The van der Waals surface area contributed by atoms with Crippen LogP contribution >= 0.6 is 0 Å². The number of imidazole rings is 1. The molecule has 0 spiro atoms. The molecule has 1 amide bonds. The van der Waals surface area contributed by atoms with Gasteiger partial charge in [0.1, 0.15) is 11.6 Å². The van der Waals surface area contributed by atoms with Gasteiger partial charge in [-0.15, -0.1) is 0 Å². The summed E-state index contributed by atoms with van der Waals surface area (Å²) in [6.07, 6.45) is 0.275. The Labute approximate surface area is 154 Å². The number of methoxy groups -OCH3 is 1.